The summed E-state index contributed by atoms with van der Waals surface area (Å²) in [4.78, 5) is 16.6. The number of hydrogen-bond acceptors (Lipinski definition) is 5. The number of rotatable bonds is 4. The van der Waals surface area contributed by atoms with E-state index in [1.807, 2.05) is 48.5 Å². The molecule has 2 aromatic heterocycles. The molecule has 0 aliphatic carbocycles. The third-order valence-corrected chi connectivity index (χ3v) is 4.53. The highest BCUT2D eigenvalue weighted by molar-refractivity contribution is 7.22. The first-order valence-electron chi connectivity index (χ1n) is 7.81. The Bertz CT molecular complexity index is 1080. The summed E-state index contributed by atoms with van der Waals surface area (Å²) in [7, 11) is 0. The van der Waals surface area contributed by atoms with Crippen LogP contribution in [-0.4, -0.2) is 10.9 Å². The number of ether oxygens (including phenoxy) is 1. The number of aromatic nitrogens is 2. The number of hydrogen-bond donors (Lipinski definition) is 1. The van der Waals surface area contributed by atoms with Crippen molar-refractivity contribution in [3.63, 3.8) is 0 Å². The fourth-order valence-electron chi connectivity index (χ4n) is 2.40. The summed E-state index contributed by atoms with van der Waals surface area (Å²) >= 11 is 1.34. The molecule has 0 unspecified atom stereocenters. The van der Waals surface area contributed by atoms with Crippen LogP contribution in [0.15, 0.2) is 73.1 Å². The second-order valence-electron chi connectivity index (χ2n) is 5.47. The summed E-state index contributed by atoms with van der Waals surface area (Å²) in [5.41, 5.74) is 1.03. The highest BCUT2D eigenvalue weighted by atomic mass is 32.1. The largest absolute Gasteiger partial charge is 0.619 e. The zero-order chi connectivity index (χ0) is 17.9. The van der Waals surface area contributed by atoms with E-state index >= 15 is 0 Å². The molecule has 2 aromatic carbocycles. The molecule has 0 spiro atoms. The Labute approximate surface area is 152 Å². The lowest BCUT2D eigenvalue weighted by molar-refractivity contribution is -0.605. The van der Waals surface area contributed by atoms with Crippen LogP contribution in [0.3, 0.4) is 0 Å². The monoisotopic (exact) mass is 363 g/mol. The van der Waals surface area contributed by atoms with Gasteiger partial charge in [-0.1, -0.05) is 29.5 Å². The third-order valence-electron chi connectivity index (χ3n) is 3.60. The van der Waals surface area contributed by atoms with Crippen molar-refractivity contribution in [1.82, 2.24) is 4.98 Å². The van der Waals surface area contributed by atoms with Crippen molar-refractivity contribution in [1.29, 1.82) is 0 Å². The molecule has 0 saturated heterocycles. The van der Waals surface area contributed by atoms with Gasteiger partial charge in [-0.15, -0.1) is 0 Å². The maximum absolute atomic E-state index is 12.2. The van der Waals surface area contributed by atoms with Crippen molar-refractivity contribution in [2.24, 2.45) is 0 Å². The topological polar surface area (TPSA) is 78.2 Å². The van der Waals surface area contributed by atoms with Gasteiger partial charge in [-0.05, 0) is 30.3 Å². The number of carbonyl (C=O) groups excluding carboxylic acids is 1. The fraction of sp³-hybridized carbons (Fsp3) is 0. The van der Waals surface area contributed by atoms with Crippen molar-refractivity contribution < 1.29 is 14.3 Å². The summed E-state index contributed by atoms with van der Waals surface area (Å²) in [6, 6.07) is 18.1. The first-order valence-corrected chi connectivity index (χ1v) is 8.63. The number of nitrogens with zero attached hydrogens (tertiary/aromatic N) is 2. The maximum atomic E-state index is 12.2. The summed E-state index contributed by atoms with van der Waals surface area (Å²) < 4.78 is 7.29. The molecule has 7 heteroatoms. The fourth-order valence-corrected chi connectivity index (χ4v) is 3.29. The van der Waals surface area contributed by atoms with Gasteiger partial charge in [0.15, 0.2) is 17.5 Å². The zero-order valence-electron chi connectivity index (χ0n) is 13.5. The molecule has 2 heterocycles. The van der Waals surface area contributed by atoms with Crippen LogP contribution in [-0.2, 0) is 0 Å². The molecule has 4 rings (SSSR count). The van der Waals surface area contributed by atoms with E-state index in [1.54, 1.807) is 6.07 Å². The molecule has 0 bridgehead atoms. The quantitative estimate of drug-likeness (QED) is 0.439. The van der Waals surface area contributed by atoms with Crippen LogP contribution < -0.4 is 14.8 Å². The smallest absolute Gasteiger partial charge is 0.263 e. The molecular formula is C19H13N3O3S. The summed E-state index contributed by atoms with van der Waals surface area (Å²) in [5.74, 6) is 1.07. The second kappa shape index (κ2) is 6.81. The summed E-state index contributed by atoms with van der Waals surface area (Å²) in [5, 5.41) is 14.5. The number of nitrogens with one attached hydrogen (secondary N) is 1. The first kappa shape index (κ1) is 16.0. The minimum absolute atomic E-state index is 0.273. The minimum atomic E-state index is -0.380. The van der Waals surface area contributed by atoms with Gasteiger partial charge >= 0.3 is 0 Å². The molecule has 128 valence electrons. The van der Waals surface area contributed by atoms with E-state index in [4.69, 9.17) is 4.74 Å². The van der Waals surface area contributed by atoms with Crippen LogP contribution in [0.2, 0.25) is 0 Å². The van der Waals surface area contributed by atoms with Crippen molar-refractivity contribution in [3.8, 4) is 11.5 Å². The van der Waals surface area contributed by atoms with Crippen LogP contribution in [0, 0.1) is 5.21 Å². The van der Waals surface area contributed by atoms with Gasteiger partial charge in [-0.2, -0.15) is 4.73 Å². The molecule has 26 heavy (non-hydrogen) atoms. The molecule has 0 fully saturated rings. The summed E-state index contributed by atoms with van der Waals surface area (Å²) in [6.45, 7) is 0. The molecule has 0 aliphatic heterocycles. The molecule has 0 saturated carbocycles. The van der Waals surface area contributed by atoms with Crippen LogP contribution in [0.25, 0.3) is 10.2 Å². The lowest BCUT2D eigenvalue weighted by atomic mass is 10.3. The van der Waals surface area contributed by atoms with E-state index < -0.39 is 0 Å². The maximum Gasteiger partial charge on any atom is 0.263 e. The Morgan fingerprint density at radius 3 is 2.73 bits per heavy atom. The lowest BCUT2D eigenvalue weighted by Gasteiger charge is -2.04. The highest BCUT2D eigenvalue weighted by Gasteiger charge is 2.12. The molecule has 4 aromatic rings. The predicted octanol–water partition coefficient (Wildman–Crippen LogP) is 3.97. The van der Waals surface area contributed by atoms with Crippen molar-refractivity contribution in [2.75, 3.05) is 5.32 Å². The van der Waals surface area contributed by atoms with E-state index in [1.165, 1.54) is 29.8 Å². The molecular weight excluding hydrogens is 350 g/mol. The number of thiazole rings is 1. The van der Waals surface area contributed by atoms with Gasteiger partial charge in [-0.3, -0.25) is 10.1 Å². The van der Waals surface area contributed by atoms with E-state index in [0.29, 0.717) is 15.6 Å². The van der Waals surface area contributed by atoms with E-state index in [0.717, 1.165) is 16.0 Å². The normalized spacial score (nSPS) is 10.6. The second-order valence-corrected chi connectivity index (χ2v) is 6.50. The Balaban J connectivity index is 1.55. The van der Waals surface area contributed by atoms with Gasteiger partial charge in [0, 0.05) is 12.1 Å². The molecule has 0 radical (unpaired) electrons. The Hall–Kier alpha value is -3.45. The highest BCUT2D eigenvalue weighted by Crippen LogP contribution is 2.31. The number of pyridine rings is 1. The Morgan fingerprint density at radius 2 is 1.92 bits per heavy atom. The molecule has 1 amide bonds. The number of fused-ring (bicyclic) bond motifs is 1. The van der Waals surface area contributed by atoms with Gasteiger partial charge in [0.25, 0.3) is 5.91 Å². The SMILES string of the molecule is O=C(Nc1nc2ccc(Oc3ccccc3)cc2s1)c1ccc[n+]([O-])c1. The number of para-hydroxylation sites is 1. The number of anilines is 1. The van der Waals surface area contributed by atoms with Gasteiger partial charge in [0.2, 0.25) is 0 Å². The number of benzene rings is 2. The molecule has 0 atom stereocenters. The molecule has 1 N–H and O–H groups in total. The summed E-state index contributed by atoms with van der Waals surface area (Å²) in [6.07, 6.45) is 2.54. The molecule has 0 aliphatic rings. The van der Waals surface area contributed by atoms with Gasteiger partial charge in [-0.25, -0.2) is 4.98 Å². The Kier molecular flexibility index (Phi) is 4.20. The number of amides is 1. The van der Waals surface area contributed by atoms with Crippen LogP contribution >= 0.6 is 11.3 Å². The van der Waals surface area contributed by atoms with Crippen molar-refractivity contribution in [3.05, 3.63) is 83.8 Å². The standard InChI is InChI=1S/C19H13N3O3S/c23-18(13-5-4-10-22(24)12-13)21-19-20-16-9-8-15(11-17(16)26-19)25-14-6-2-1-3-7-14/h1-12H,(H,20,21,23). The van der Waals surface area contributed by atoms with Crippen LogP contribution in [0.1, 0.15) is 10.4 Å². The van der Waals surface area contributed by atoms with Crippen LogP contribution in [0.4, 0.5) is 5.13 Å². The van der Waals surface area contributed by atoms with E-state index in [9.17, 15) is 10.0 Å². The minimum Gasteiger partial charge on any atom is -0.619 e. The average molecular weight is 363 g/mol. The van der Waals surface area contributed by atoms with Gasteiger partial charge in [0.05, 0.1) is 10.2 Å². The van der Waals surface area contributed by atoms with E-state index in [-0.39, 0.29) is 11.5 Å². The predicted molar refractivity (Wildman–Crippen MR) is 99.5 cm³/mol. The van der Waals surface area contributed by atoms with Crippen molar-refractivity contribution in [2.45, 2.75) is 0 Å². The third kappa shape index (κ3) is 3.47. The van der Waals surface area contributed by atoms with Gasteiger partial charge < -0.3 is 9.94 Å². The molecule has 6 nitrogen and oxygen atoms in total. The zero-order valence-corrected chi connectivity index (χ0v) is 14.3. The lowest BCUT2D eigenvalue weighted by Crippen LogP contribution is -2.27. The van der Waals surface area contributed by atoms with E-state index in [2.05, 4.69) is 10.3 Å². The average Bonchev–Trinajstić information content (AvgIpc) is 3.04. The Morgan fingerprint density at radius 1 is 1.08 bits per heavy atom. The van der Waals surface area contributed by atoms with Crippen LogP contribution in [0.5, 0.6) is 11.5 Å². The number of carbonyl (C=O) groups is 1. The van der Waals surface area contributed by atoms with Gasteiger partial charge in [0.1, 0.15) is 17.1 Å². The van der Waals surface area contributed by atoms with Crippen molar-refractivity contribution >= 4 is 32.6 Å². The first-order chi connectivity index (χ1) is 12.7.